The quantitative estimate of drug-likeness (QED) is 0.702. The van der Waals surface area contributed by atoms with Gasteiger partial charge in [-0.15, -0.1) is 0 Å². The molecule has 1 saturated carbocycles. The molecule has 78 valence electrons. The highest BCUT2D eigenvalue weighted by molar-refractivity contribution is 4.85. The molecule has 2 N–H and O–H groups in total. The van der Waals surface area contributed by atoms with Gasteiger partial charge in [0, 0.05) is 5.54 Å². The highest BCUT2D eigenvalue weighted by atomic mass is 16.3. The predicted octanol–water partition coefficient (Wildman–Crippen LogP) is 2.07. The van der Waals surface area contributed by atoms with Crippen LogP contribution in [0.2, 0.25) is 0 Å². The van der Waals surface area contributed by atoms with Crippen molar-refractivity contribution in [2.45, 2.75) is 64.0 Å². The highest BCUT2D eigenvalue weighted by Crippen LogP contribution is 2.27. The lowest BCUT2D eigenvalue weighted by Crippen LogP contribution is -2.44. The molecule has 2 nitrogen and oxygen atoms in total. The second-order valence-electron chi connectivity index (χ2n) is 4.69. The molecule has 0 saturated heterocycles. The minimum atomic E-state index is -0.167. The van der Waals surface area contributed by atoms with Crippen LogP contribution in [0, 0.1) is 0 Å². The fourth-order valence-electron chi connectivity index (χ4n) is 2.09. The van der Waals surface area contributed by atoms with Gasteiger partial charge in [-0.1, -0.05) is 19.3 Å². The average Bonchev–Trinajstić information content (AvgIpc) is 2.04. The zero-order valence-corrected chi connectivity index (χ0v) is 8.97. The minimum absolute atomic E-state index is 0.167. The molecule has 1 unspecified atom stereocenters. The van der Waals surface area contributed by atoms with Gasteiger partial charge in [0.2, 0.25) is 0 Å². The van der Waals surface area contributed by atoms with Crippen LogP contribution in [0.15, 0.2) is 0 Å². The summed E-state index contributed by atoms with van der Waals surface area (Å²) in [5.41, 5.74) is 0.354. The van der Waals surface area contributed by atoms with Crippen LogP contribution < -0.4 is 5.32 Å². The van der Waals surface area contributed by atoms with Crippen LogP contribution in [0.1, 0.15) is 52.4 Å². The van der Waals surface area contributed by atoms with Crippen LogP contribution in [0.5, 0.6) is 0 Å². The van der Waals surface area contributed by atoms with Crippen molar-refractivity contribution in [3.63, 3.8) is 0 Å². The van der Waals surface area contributed by atoms with E-state index < -0.39 is 0 Å². The van der Waals surface area contributed by atoms with E-state index in [0.717, 1.165) is 13.0 Å². The molecule has 1 atom stereocenters. The molecule has 0 heterocycles. The normalized spacial score (nSPS) is 24.2. The molecule has 0 radical (unpaired) electrons. The monoisotopic (exact) mass is 185 g/mol. The Bertz CT molecular complexity index is 139. The average molecular weight is 185 g/mol. The summed E-state index contributed by atoms with van der Waals surface area (Å²) < 4.78 is 0. The van der Waals surface area contributed by atoms with Crippen molar-refractivity contribution in [3.05, 3.63) is 0 Å². The first kappa shape index (κ1) is 11.0. The zero-order chi connectivity index (χ0) is 9.73. The van der Waals surface area contributed by atoms with Crippen molar-refractivity contribution < 1.29 is 5.11 Å². The second kappa shape index (κ2) is 4.97. The van der Waals surface area contributed by atoms with Crippen LogP contribution in [0.4, 0.5) is 0 Å². The maximum atomic E-state index is 9.13. The van der Waals surface area contributed by atoms with Gasteiger partial charge >= 0.3 is 0 Å². The molecule has 1 aliphatic rings. The van der Waals surface area contributed by atoms with Gasteiger partial charge in [0.1, 0.15) is 0 Å². The van der Waals surface area contributed by atoms with Gasteiger partial charge in [-0.2, -0.15) is 0 Å². The minimum Gasteiger partial charge on any atom is -0.393 e. The molecule has 1 rings (SSSR count). The van der Waals surface area contributed by atoms with Gasteiger partial charge in [-0.05, 0) is 39.7 Å². The topological polar surface area (TPSA) is 32.3 Å². The molecule has 0 amide bonds. The zero-order valence-electron chi connectivity index (χ0n) is 8.97. The van der Waals surface area contributed by atoms with Gasteiger partial charge in [0.25, 0.3) is 0 Å². The summed E-state index contributed by atoms with van der Waals surface area (Å²) in [4.78, 5) is 0. The Balaban J connectivity index is 2.17. The summed E-state index contributed by atoms with van der Waals surface area (Å²) in [6.45, 7) is 5.12. The van der Waals surface area contributed by atoms with Crippen molar-refractivity contribution in [1.29, 1.82) is 0 Å². The molecular weight excluding hydrogens is 162 g/mol. The fraction of sp³-hybridized carbons (Fsp3) is 1.00. The van der Waals surface area contributed by atoms with E-state index in [1.165, 1.54) is 32.1 Å². The SMILES string of the molecule is CC(O)CCNC1(C)CCCCC1. The number of nitrogens with one attached hydrogen (secondary N) is 1. The molecule has 0 aliphatic heterocycles. The second-order valence-corrected chi connectivity index (χ2v) is 4.69. The van der Waals surface area contributed by atoms with Crippen LogP contribution in [0.3, 0.4) is 0 Å². The van der Waals surface area contributed by atoms with Crippen molar-refractivity contribution in [3.8, 4) is 0 Å². The summed E-state index contributed by atoms with van der Waals surface area (Å²) in [5, 5.41) is 12.7. The van der Waals surface area contributed by atoms with Crippen LogP contribution in [-0.2, 0) is 0 Å². The van der Waals surface area contributed by atoms with E-state index in [4.69, 9.17) is 5.11 Å². The Kier molecular flexibility index (Phi) is 4.20. The van der Waals surface area contributed by atoms with Crippen LogP contribution in [0.25, 0.3) is 0 Å². The molecule has 1 fully saturated rings. The Morgan fingerprint density at radius 2 is 1.92 bits per heavy atom. The third-order valence-electron chi connectivity index (χ3n) is 3.07. The lowest BCUT2D eigenvalue weighted by Gasteiger charge is -2.35. The van der Waals surface area contributed by atoms with Gasteiger partial charge in [0.15, 0.2) is 0 Å². The highest BCUT2D eigenvalue weighted by Gasteiger charge is 2.25. The van der Waals surface area contributed by atoms with E-state index in [9.17, 15) is 0 Å². The number of aliphatic hydroxyl groups excluding tert-OH is 1. The van der Waals surface area contributed by atoms with E-state index in [0.29, 0.717) is 5.54 Å². The molecule has 2 heteroatoms. The molecule has 0 spiro atoms. The van der Waals surface area contributed by atoms with E-state index in [-0.39, 0.29) is 6.10 Å². The molecular formula is C11H23NO. The fourth-order valence-corrected chi connectivity index (χ4v) is 2.09. The van der Waals surface area contributed by atoms with Crippen molar-refractivity contribution in [2.75, 3.05) is 6.54 Å². The summed E-state index contributed by atoms with van der Waals surface area (Å²) >= 11 is 0. The van der Waals surface area contributed by atoms with Crippen molar-refractivity contribution in [2.24, 2.45) is 0 Å². The van der Waals surface area contributed by atoms with Crippen molar-refractivity contribution >= 4 is 0 Å². The molecule has 0 aromatic carbocycles. The van der Waals surface area contributed by atoms with Crippen molar-refractivity contribution in [1.82, 2.24) is 5.32 Å². The largest absolute Gasteiger partial charge is 0.393 e. The number of hydrogen-bond acceptors (Lipinski definition) is 2. The molecule has 1 aliphatic carbocycles. The van der Waals surface area contributed by atoms with Crippen LogP contribution in [-0.4, -0.2) is 23.3 Å². The first-order valence-electron chi connectivity index (χ1n) is 5.55. The maximum Gasteiger partial charge on any atom is 0.0524 e. The van der Waals surface area contributed by atoms with Gasteiger partial charge in [-0.25, -0.2) is 0 Å². The molecule has 0 aromatic rings. The number of rotatable bonds is 4. The Hall–Kier alpha value is -0.0800. The van der Waals surface area contributed by atoms with Crippen LogP contribution >= 0.6 is 0 Å². The lowest BCUT2D eigenvalue weighted by atomic mass is 9.83. The summed E-state index contributed by atoms with van der Waals surface area (Å²) in [5.74, 6) is 0. The third kappa shape index (κ3) is 4.10. The first-order chi connectivity index (χ1) is 6.12. The molecule has 0 aromatic heterocycles. The van der Waals surface area contributed by atoms with Gasteiger partial charge in [-0.3, -0.25) is 0 Å². The first-order valence-corrected chi connectivity index (χ1v) is 5.55. The number of hydrogen-bond donors (Lipinski definition) is 2. The van der Waals surface area contributed by atoms with E-state index >= 15 is 0 Å². The molecule has 13 heavy (non-hydrogen) atoms. The lowest BCUT2D eigenvalue weighted by molar-refractivity contribution is 0.172. The van der Waals surface area contributed by atoms with E-state index in [1.54, 1.807) is 0 Å². The predicted molar refractivity (Wildman–Crippen MR) is 55.8 cm³/mol. The Labute approximate surface area is 81.7 Å². The summed E-state index contributed by atoms with van der Waals surface area (Å²) in [6.07, 6.45) is 7.42. The standard InChI is InChI=1S/C11H23NO/c1-10(13)6-9-12-11(2)7-4-3-5-8-11/h10,12-13H,3-9H2,1-2H3. The van der Waals surface area contributed by atoms with Gasteiger partial charge < -0.3 is 10.4 Å². The Morgan fingerprint density at radius 3 is 2.46 bits per heavy atom. The Morgan fingerprint density at radius 1 is 1.31 bits per heavy atom. The third-order valence-corrected chi connectivity index (χ3v) is 3.07. The summed E-state index contributed by atoms with van der Waals surface area (Å²) in [7, 11) is 0. The van der Waals surface area contributed by atoms with E-state index in [2.05, 4.69) is 12.2 Å². The summed E-state index contributed by atoms with van der Waals surface area (Å²) in [6, 6.07) is 0. The smallest absolute Gasteiger partial charge is 0.0524 e. The number of aliphatic hydroxyl groups is 1. The van der Waals surface area contributed by atoms with E-state index in [1.807, 2.05) is 6.92 Å². The maximum absolute atomic E-state index is 9.13. The molecule has 0 bridgehead atoms. The van der Waals surface area contributed by atoms with Gasteiger partial charge in [0.05, 0.1) is 6.10 Å².